The Balaban J connectivity index is 1.88. The molecular formula is C15H18F2N2O3. The summed E-state index contributed by atoms with van der Waals surface area (Å²) >= 11 is 0. The van der Waals surface area contributed by atoms with E-state index in [4.69, 9.17) is 4.74 Å². The van der Waals surface area contributed by atoms with E-state index in [9.17, 15) is 18.4 Å². The average Bonchev–Trinajstić information content (AvgIpc) is 2.48. The molecule has 0 aliphatic carbocycles. The number of halogens is 2. The maximum absolute atomic E-state index is 13.5. The molecule has 0 atom stereocenters. The second kappa shape index (κ2) is 7.31. The van der Waals surface area contributed by atoms with Gasteiger partial charge in [-0.2, -0.15) is 0 Å². The molecule has 0 radical (unpaired) electrons. The standard InChI is InChI=1S/C15H18F2N2O3/c1-22-9-14(20)19-6-4-11(5-7-19)18-15(21)12-3-2-10(16)8-13(12)17/h2-3,8,11H,4-7,9H2,1H3,(H,18,21). The van der Waals surface area contributed by atoms with Crippen molar-refractivity contribution >= 4 is 11.8 Å². The highest BCUT2D eigenvalue weighted by atomic mass is 19.1. The number of carbonyl (C=O) groups excluding carboxylic acids is 2. The quantitative estimate of drug-likeness (QED) is 0.912. The zero-order valence-corrected chi connectivity index (χ0v) is 12.3. The first-order valence-electron chi connectivity index (χ1n) is 7.04. The number of nitrogens with one attached hydrogen (secondary N) is 1. The van der Waals surface area contributed by atoms with Crippen LogP contribution in [-0.4, -0.2) is 49.6 Å². The van der Waals surface area contributed by atoms with Crippen molar-refractivity contribution in [2.45, 2.75) is 18.9 Å². The van der Waals surface area contributed by atoms with E-state index in [1.54, 1.807) is 4.90 Å². The third-order valence-electron chi connectivity index (χ3n) is 3.63. The van der Waals surface area contributed by atoms with Gasteiger partial charge in [0, 0.05) is 32.3 Å². The molecule has 0 unspecified atom stereocenters. The van der Waals surface area contributed by atoms with E-state index in [2.05, 4.69) is 5.32 Å². The fourth-order valence-electron chi connectivity index (χ4n) is 2.42. The molecule has 1 aliphatic heterocycles. The SMILES string of the molecule is COCC(=O)N1CCC(NC(=O)c2ccc(F)cc2F)CC1. The number of piperidine rings is 1. The highest BCUT2D eigenvalue weighted by molar-refractivity contribution is 5.94. The molecule has 7 heteroatoms. The van der Waals surface area contributed by atoms with Crippen LogP contribution in [-0.2, 0) is 9.53 Å². The van der Waals surface area contributed by atoms with Gasteiger partial charge in [-0.15, -0.1) is 0 Å². The predicted octanol–water partition coefficient (Wildman–Crippen LogP) is 1.33. The molecule has 5 nitrogen and oxygen atoms in total. The fraction of sp³-hybridized carbons (Fsp3) is 0.467. The highest BCUT2D eigenvalue weighted by Gasteiger charge is 2.24. The van der Waals surface area contributed by atoms with Gasteiger partial charge in [-0.1, -0.05) is 0 Å². The van der Waals surface area contributed by atoms with E-state index >= 15 is 0 Å². The number of carbonyl (C=O) groups is 2. The summed E-state index contributed by atoms with van der Waals surface area (Å²) in [5.74, 6) is -2.26. The van der Waals surface area contributed by atoms with Crippen LogP contribution in [0.25, 0.3) is 0 Å². The van der Waals surface area contributed by atoms with Crippen LogP contribution < -0.4 is 5.32 Å². The molecule has 1 aliphatic rings. The molecule has 1 saturated heterocycles. The van der Waals surface area contributed by atoms with Crippen LogP contribution in [0.5, 0.6) is 0 Å². The Labute approximate surface area is 127 Å². The van der Waals surface area contributed by atoms with Crippen molar-refractivity contribution in [3.8, 4) is 0 Å². The van der Waals surface area contributed by atoms with Gasteiger partial charge >= 0.3 is 0 Å². The number of hydrogen-bond donors (Lipinski definition) is 1. The first-order valence-corrected chi connectivity index (χ1v) is 7.04. The van der Waals surface area contributed by atoms with Gasteiger partial charge in [0.2, 0.25) is 5.91 Å². The molecule has 2 rings (SSSR count). The predicted molar refractivity (Wildman–Crippen MR) is 75.3 cm³/mol. The second-order valence-corrected chi connectivity index (χ2v) is 5.19. The maximum Gasteiger partial charge on any atom is 0.254 e. The Kier molecular flexibility index (Phi) is 5.43. The number of methoxy groups -OCH3 is 1. The lowest BCUT2D eigenvalue weighted by molar-refractivity contribution is -0.136. The minimum Gasteiger partial charge on any atom is -0.375 e. The minimum atomic E-state index is -0.884. The van der Waals surface area contributed by atoms with E-state index in [0.717, 1.165) is 12.1 Å². The van der Waals surface area contributed by atoms with Gasteiger partial charge in [0.25, 0.3) is 5.91 Å². The second-order valence-electron chi connectivity index (χ2n) is 5.19. The third kappa shape index (κ3) is 4.00. The largest absolute Gasteiger partial charge is 0.375 e. The Bertz CT molecular complexity index is 558. The molecule has 1 aromatic rings. The monoisotopic (exact) mass is 312 g/mol. The lowest BCUT2D eigenvalue weighted by Crippen LogP contribution is -2.47. The van der Waals surface area contributed by atoms with E-state index < -0.39 is 17.5 Å². The van der Waals surface area contributed by atoms with E-state index in [1.165, 1.54) is 7.11 Å². The van der Waals surface area contributed by atoms with Crippen LogP contribution >= 0.6 is 0 Å². The molecule has 22 heavy (non-hydrogen) atoms. The number of nitrogens with zero attached hydrogens (tertiary/aromatic N) is 1. The van der Waals surface area contributed by atoms with Gasteiger partial charge in [-0.3, -0.25) is 9.59 Å². The molecule has 1 heterocycles. The zero-order chi connectivity index (χ0) is 16.1. The number of ether oxygens (including phenoxy) is 1. The van der Waals surface area contributed by atoms with Crippen molar-refractivity contribution in [1.82, 2.24) is 10.2 Å². The molecule has 0 aromatic heterocycles. The first-order chi connectivity index (χ1) is 10.5. The Hall–Kier alpha value is -2.02. The Morgan fingerprint density at radius 3 is 2.59 bits per heavy atom. The third-order valence-corrected chi connectivity index (χ3v) is 3.63. The molecule has 0 saturated carbocycles. The summed E-state index contributed by atoms with van der Waals surface area (Å²) in [5.41, 5.74) is -0.181. The van der Waals surface area contributed by atoms with Crippen LogP contribution in [0.2, 0.25) is 0 Å². The molecular weight excluding hydrogens is 294 g/mol. The molecule has 0 bridgehead atoms. The molecule has 1 fully saturated rings. The van der Waals surface area contributed by atoms with E-state index in [-0.39, 0.29) is 24.1 Å². The average molecular weight is 312 g/mol. The van der Waals surface area contributed by atoms with Gasteiger partial charge in [0.15, 0.2) is 0 Å². The molecule has 0 spiro atoms. The smallest absolute Gasteiger partial charge is 0.254 e. The van der Waals surface area contributed by atoms with Crippen molar-refractivity contribution in [3.05, 3.63) is 35.4 Å². The topological polar surface area (TPSA) is 58.6 Å². The summed E-state index contributed by atoms with van der Waals surface area (Å²) in [5, 5.41) is 2.72. The van der Waals surface area contributed by atoms with Gasteiger partial charge < -0.3 is 15.0 Å². The summed E-state index contributed by atoms with van der Waals surface area (Å²) in [7, 11) is 1.46. The molecule has 2 amide bonds. The van der Waals surface area contributed by atoms with Gasteiger partial charge in [0.1, 0.15) is 18.2 Å². The fourth-order valence-corrected chi connectivity index (χ4v) is 2.42. The summed E-state index contributed by atoms with van der Waals surface area (Å²) in [6.07, 6.45) is 1.17. The van der Waals surface area contributed by atoms with Crippen molar-refractivity contribution < 1.29 is 23.1 Å². The van der Waals surface area contributed by atoms with Gasteiger partial charge in [-0.25, -0.2) is 8.78 Å². The zero-order valence-electron chi connectivity index (χ0n) is 12.3. The minimum absolute atomic E-state index is 0.0395. The van der Waals surface area contributed by atoms with E-state index in [0.29, 0.717) is 32.0 Å². The number of likely N-dealkylation sites (tertiary alicyclic amines) is 1. The molecule has 1 N–H and O–H groups in total. The normalized spacial score (nSPS) is 15.7. The van der Waals surface area contributed by atoms with Crippen molar-refractivity contribution in [3.63, 3.8) is 0 Å². The van der Waals surface area contributed by atoms with Crippen LogP contribution in [0.15, 0.2) is 18.2 Å². The number of hydrogen-bond acceptors (Lipinski definition) is 3. The molecule has 120 valence electrons. The summed E-state index contributed by atoms with van der Waals surface area (Å²) in [6, 6.07) is 2.71. The number of rotatable bonds is 4. The highest BCUT2D eigenvalue weighted by Crippen LogP contribution is 2.14. The lowest BCUT2D eigenvalue weighted by Gasteiger charge is -2.32. The summed E-state index contributed by atoms with van der Waals surface area (Å²) < 4.78 is 31.2. The van der Waals surface area contributed by atoms with E-state index in [1.807, 2.05) is 0 Å². The summed E-state index contributed by atoms with van der Waals surface area (Å²) in [6.45, 7) is 1.07. The van der Waals surface area contributed by atoms with Crippen LogP contribution in [0, 0.1) is 11.6 Å². The van der Waals surface area contributed by atoms with Crippen LogP contribution in [0.3, 0.4) is 0 Å². The van der Waals surface area contributed by atoms with Crippen molar-refractivity contribution in [1.29, 1.82) is 0 Å². The first kappa shape index (κ1) is 16.4. The van der Waals surface area contributed by atoms with Crippen molar-refractivity contribution in [2.75, 3.05) is 26.8 Å². The Morgan fingerprint density at radius 1 is 1.32 bits per heavy atom. The Morgan fingerprint density at radius 2 is 2.00 bits per heavy atom. The number of benzene rings is 1. The van der Waals surface area contributed by atoms with Gasteiger partial charge in [0.05, 0.1) is 5.56 Å². The molecule has 1 aromatic carbocycles. The maximum atomic E-state index is 13.5. The van der Waals surface area contributed by atoms with Gasteiger partial charge in [-0.05, 0) is 25.0 Å². The summed E-state index contributed by atoms with van der Waals surface area (Å²) in [4.78, 5) is 25.3. The van der Waals surface area contributed by atoms with Crippen LogP contribution in [0.4, 0.5) is 8.78 Å². The van der Waals surface area contributed by atoms with Crippen LogP contribution in [0.1, 0.15) is 23.2 Å². The van der Waals surface area contributed by atoms with Crippen molar-refractivity contribution in [2.24, 2.45) is 0 Å². The lowest BCUT2D eigenvalue weighted by atomic mass is 10.0. The number of amides is 2.